The number of H-pyrrole nitrogens is 1. The number of hydrogen-bond acceptors (Lipinski definition) is 5. The highest BCUT2D eigenvalue weighted by Gasteiger charge is 2.26. The number of nitrogens with one attached hydrogen (secondary N) is 1. The van der Waals surface area contributed by atoms with Crippen LogP contribution in [-0.4, -0.2) is 52.3 Å². The molecular weight excluding hydrogens is 332 g/mol. The lowest BCUT2D eigenvalue weighted by atomic mass is 10.1. The normalized spacial score (nSPS) is 17.3. The highest BCUT2D eigenvalue weighted by atomic mass is 16.5. The van der Waals surface area contributed by atoms with Gasteiger partial charge in [0.05, 0.1) is 13.7 Å². The zero-order chi connectivity index (χ0) is 17.9. The van der Waals surface area contributed by atoms with Crippen LogP contribution in [0, 0.1) is 0 Å². The molecule has 1 N–H and O–H groups in total. The molecule has 134 valence electrons. The topological polar surface area (TPSA) is 80.3 Å². The summed E-state index contributed by atoms with van der Waals surface area (Å²) < 4.78 is 10.9. The molecule has 0 spiro atoms. The van der Waals surface area contributed by atoms with Crippen LogP contribution in [0.3, 0.4) is 0 Å². The predicted molar refractivity (Wildman–Crippen MR) is 96.4 cm³/mol. The highest BCUT2D eigenvalue weighted by Crippen LogP contribution is 2.21. The molecule has 1 aromatic carbocycles. The molecule has 1 aliphatic rings. The van der Waals surface area contributed by atoms with Crippen molar-refractivity contribution in [1.29, 1.82) is 0 Å². The molecule has 1 aliphatic heterocycles. The third kappa shape index (κ3) is 3.33. The van der Waals surface area contributed by atoms with Crippen LogP contribution in [0.4, 0.5) is 0 Å². The number of hydrogen-bond donors (Lipinski definition) is 1. The summed E-state index contributed by atoms with van der Waals surface area (Å²) >= 11 is 0. The van der Waals surface area contributed by atoms with Crippen LogP contribution in [0.25, 0.3) is 10.9 Å². The molecule has 0 radical (unpaired) electrons. The molecule has 26 heavy (non-hydrogen) atoms. The molecule has 1 unspecified atom stereocenters. The molecule has 7 nitrogen and oxygen atoms in total. The van der Waals surface area contributed by atoms with Crippen molar-refractivity contribution < 1.29 is 14.3 Å². The number of rotatable bonds is 4. The first kappa shape index (κ1) is 16.4. The number of ether oxygens (including phenoxy) is 2. The zero-order valence-electron chi connectivity index (χ0n) is 14.5. The van der Waals surface area contributed by atoms with Gasteiger partial charge in [0.1, 0.15) is 6.10 Å². The summed E-state index contributed by atoms with van der Waals surface area (Å²) in [5.74, 6) is 0.916. The van der Waals surface area contributed by atoms with Crippen LogP contribution in [0.15, 0.2) is 42.6 Å². The third-order valence-electron chi connectivity index (χ3n) is 4.58. The quantitative estimate of drug-likeness (QED) is 0.781. The van der Waals surface area contributed by atoms with Gasteiger partial charge in [-0.15, -0.1) is 10.2 Å². The van der Waals surface area contributed by atoms with Crippen molar-refractivity contribution in [3.63, 3.8) is 0 Å². The molecule has 0 bridgehead atoms. The summed E-state index contributed by atoms with van der Waals surface area (Å²) in [4.78, 5) is 17.8. The number of piperidine rings is 1. The zero-order valence-corrected chi connectivity index (χ0v) is 14.5. The Morgan fingerprint density at radius 3 is 2.85 bits per heavy atom. The fourth-order valence-electron chi connectivity index (χ4n) is 3.24. The Balaban J connectivity index is 1.44. The molecule has 3 aromatic rings. The number of nitrogens with zero attached hydrogens (tertiary/aromatic N) is 3. The lowest BCUT2D eigenvalue weighted by Gasteiger charge is -2.32. The van der Waals surface area contributed by atoms with Gasteiger partial charge in [0.15, 0.2) is 0 Å². The van der Waals surface area contributed by atoms with Gasteiger partial charge in [-0.05, 0) is 37.1 Å². The summed E-state index contributed by atoms with van der Waals surface area (Å²) in [5, 5.41) is 8.94. The van der Waals surface area contributed by atoms with E-state index >= 15 is 0 Å². The molecule has 0 aliphatic carbocycles. The van der Waals surface area contributed by atoms with Gasteiger partial charge >= 0.3 is 0 Å². The minimum absolute atomic E-state index is 0.0298. The predicted octanol–water partition coefficient (Wildman–Crippen LogP) is 2.65. The average molecular weight is 352 g/mol. The first-order valence-electron chi connectivity index (χ1n) is 8.64. The lowest BCUT2D eigenvalue weighted by molar-refractivity contribution is 0.0525. The first-order valence-corrected chi connectivity index (χ1v) is 8.64. The molecule has 1 amide bonds. The molecule has 0 saturated carbocycles. The Kier molecular flexibility index (Phi) is 4.43. The minimum atomic E-state index is -0.0913. The standard InChI is InChI=1S/C19H20N4O3/c1-25-17-6-7-18(22-21-17)26-15-3-2-10-23(12-15)19(24)14-4-5-16-13(11-14)8-9-20-16/h4-9,11,15,20H,2-3,10,12H2,1H3. The maximum Gasteiger partial charge on any atom is 0.254 e. The smallest absolute Gasteiger partial charge is 0.254 e. The Morgan fingerprint density at radius 2 is 2.04 bits per heavy atom. The molecule has 2 aromatic heterocycles. The Morgan fingerprint density at radius 1 is 1.19 bits per heavy atom. The number of carbonyl (C=O) groups is 1. The molecule has 3 heterocycles. The largest absolute Gasteiger partial charge is 0.480 e. The second-order valence-electron chi connectivity index (χ2n) is 6.33. The monoisotopic (exact) mass is 352 g/mol. The van der Waals surface area contributed by atoms with E-state index in [2.05, 4.69) is 15.2 Å². The molecule has 1 fully saturated rings. The van der Waals surface area contributed by atoms with Crippen LogP contribution in [0.2, 0.25) is 0 Å². The van der Waals surface area contributed by atoms with Crippen molar-refractivity contribution in [1.82, 2.24) is 20.1 Å². The minimum Gasteiger partial charge on any atom is -0.480 e. The number of benzene rings is 1. The molecule has 1 atom stereocenters. The first-order chi connectivity index (χ1) is 12.7. The fourth-order valence-corrected chi connectivity index (χ4v) is 3.24. The number of amides is 1. The summed E-state index contributed by atoms with van der Waals surface area (Å²) in [5.41, 5.74) is 1.72. The second-order valence-corrected chi connectivity index (χ2v) is 6.33. The summed E-state index contributed by atoms with van der Waals surface area (Å²) in [6, 6.07) is 11.1. The Bertz CT molecular complexity index is 907. The van der Waals surface area contributed by atoms with Gasteiger partial charge in [-0.25, -0.2) is 0 Å². The van der Waals surface area contributed by atoms with Crippen molar-refractivity contribution in [3.8, 4) is 11.8 Å². The van der Waals surface area contributed by atoms with Gasteiger partial charge in [-0.2, -0.15) is 0 Å². The average Bonchev–Trinajstić information content (AvgIpc) is 3.16. The molecule has 4 rings (SSSR count). The number of likely N-dealkylation sites (tertiary alicyclic amines) is 1. The fraction of sp³-hybridized carbons (Fsp3) is 0.316. The van der Waals surface area contributed by atoms with Crippen LogP contribution in [-0.2, 0) is 0 Å². The van der Waals surface area contributed by atoms with Crippen molar-refractivity contribution in [3.05, 3.63) is 48.2 Å². The number of carbonyl (C=O) groups excluding carboxylic acids is 1. The summed E-state index contributed by atoms with van der Waals surface area (Å²) in [6.07, 6.45) is 3.56. The third-order valence-corrected chi connectivity index (χ3v) is 4.58. The van der Waals surface area contributed by atoms with E-state index in [4.69, 9.17) is 9.47 Å². The Hall–Kier alpha value is -3.09. The molecular formula is C19H20N4O3. The van der Waals surface area contributed by atoms with Gasteiger partial charge in [0, 0.05) is 41.3 Å². The van der Waals surface area contributed by atoms with E-state index in [1.54, 1.807) is 19.2 Å². The van der Waals surface area contributed by atoms with E-state index in [0.29, 0.717) is 23.9 Å². The maximum atomic E-state index is 12.9. The van der Waals surface area contributed by atoms with Gasteiger partial charge in [0.25, 0.3) is 5.91 Å². The van der Waals surface area contributed by atoms with E-state index in [1.165, 1.54) is 0 Å². The van der Waals surface area contributed by atoms with Gasteiger partial charge in [0.2, 0.25) is 11.8 Å². The van der Waals surface area contributed by atoms with Crippen LogP contribution >= 0.6 is 0 Å². The number of methoxy groups -OCH3 is 1. The molecule has 1 saturated heterocycles. The van der Waals surface area contributed by atoms with Gasteiger partial charge in [-0.1, -0.05) is 0 Å². The molecule has 7 heteroatoms. The van der Waals surface area contributed by atoms with E-state index in [9.17, 15) is 4.79 Å². The van der Waals surface area contributed by atoms with Crippen molar-refractivity contribution in [2.75, 3.05) is 20.2 Å². The van der Waals surface area contributed by atoms with E-state index in [0.717, 1.165) is 30.3 Å². The van der Waals surface area contributed by atoms with E-state index in [-0.39, 0.29) is 12.0 Å². The van der Waals surface area contributed by atoms with Gasteiger partial charge in [-0.3, -0.25) is 4.79 Å². The van der Waals surface area contributed by atoms with E-state index in [1.807, 2.05) is 35.4 Å². The van der Waals surface area contributed by atoms with E-state index < -0.39 is 0 Å². The maximum absolute atomic E-state index is 12.9. The number of fused-ring (bicyclic) bond motifs is 1. The second kappa shape index (κ2) is 7.03. The van der Waals surface area contributed by atoms with Gasteiger partial charge < -0.3 is 19.4 Å². The Labute approximate surface area is 150 Å². The summed E-state index contributed by atoms with van der Waals surface area (Å²) in [6.45, 7) is 1.27. The van der Waals surface area contributed by atoms with Crippen molar-refractivity contribution >= 4 is 16.8 Å². The number of aromatic amines is 1. The van der Waals surface area contributed by atoms with Crippen LogP contribution in [0.1, 0.15) is 23.2 Å². The highest BCUT2D eigenvalue weighted by molar-refractivity contribution is 5.98. The summed E-state index contributed by atoms with van der Waals surface area (Å²) in [7, 11) is 1.54. The van der Waals surface area contributed by atoms with Crippen molar-refractivity contribution in [2.24, 2.45) is 0 Å². The van der Waals surface area contributed by atoms with Crippen LogP contribution < -0.4 is 9.47 Å². The lowest BCUT2D eigenvalue weighted by Crippen LogP contribution is -2.44. The SMILES string of the molecule is COc1ccc(OC2CCCN(C(=O)c3ccc4[nH]ccc4c3)C2)nn1. The van der Waals surface area contributed by atoms with Crippen LogP contribution in [0.5, 0.6) is 11.8 Å². The number of aromatic nitrogens is 3. The van der Waals surface area contributed by atoms with Crippen molar-refractivity contribution in [2.45, 2.75) is 18.9 Å².